The Balaban J connectivity index is 1.14. The molecule has 42 heavy (non-hydrogen) atoms. The summed E-state index contributed by atoms with van der Waals surface area (Å²) in [6, 6.07) is 24.5. The Kier molecular flexibility index (Phi) is 10.8. The Bertz CT molecular complexity index is 1220. The van der Waals surface area contributed by atoms with Crippen molar-refractivity contribution in [2.24, 2.45) is 0 Å². The lowest BCUT2D eigenvalue weighted by molar-refractivity contribution is -0.133. The van der Waals surface area contributed by atoms with Gasteiger partial charge in [-0.05, 0) is 31.4 Å². The standard InChI is InChI=1S/C36H46N4O2/c1-2-3-4-5-6-13-18-35(41)39-21-19-32(20-22-39)38-23-25-40(26-24-38)36(42)31-27-33(29-14-9-7-10-15-29)37-34(28-31)30-16-11-8-12-17-30/h7-12,14-17,27-28,32H,2-6,13,18-26H2,1H3. The zero-order chi connectivity index (χ0) is 29.1. The van der Waals surface area contributed by atoms with E-state index in [0.29, 0.717) is 23.9 Å². The van der Waals surface area contributed by atoms with Crippen molar-refractivity contribution in [2.45, 2.75) is 70.8 Å². The number of piperidine rings is 1. The molecule has 1 aromatic heterocycles. The first kappa shape index (κ1) is 30.0. The first-order valence-corrected chi connectivity index (χ1v) is 16.1. The van der Waals surface area contributed by atoms with Crippen LogP contribution in [0.4, 0.5) is 0 Å². The second kappa shape index (κ2) is 15.1. The van der Waals surface area contributed by atoms with E-state index >= 15 is 0 Å². The molecule has 0 aliphatic carbocycles. The molecule has 2 aliphatic heterocycles. The van der Waals surface area contributed by atoms with Crippen molar-refractivity contribution in [1.82, 2.24) is 19.7 Å². The number of aromatic nitrogens is 1. The van der Waals surface area contributed by atoms with Crippen LogP contribution in [-0.4, -0.2) is 76.8 Å². The zero-order valence-corrected chi connectivity index (χ0v) is 25.2. The lowest BCUT2D eigenvalue weighted by atomic mass is 10.0. The lowest BCUT2D eigenvalue weighted by Crippen LogP contribution is -2.54. The molecule has 2 fully saturated rings. The summed E-state index contributed by atoms with van der Waals surface area (Å²) in [6.07, 6.45) is 10.1. The van der Waals surface area contributed by atoms with Crippen molar-refractivity contribution in [2.75, 3.05) is 39.3 Å². The van der Waals surface area contributed by atoms with Crippen molar-refractivity contribution in [1.29, 1.82) is 0 Å². The molecule has 6 nitrogen and oxygen atoms in total. The maximum Gasteiger partial charge on any atom is 0.254 e. The van der Waals surface area contributed by atoms with Crippen LogP contribution in [0.3, 0.4) is 0 Å². The predicted octanol–water partition coefficient (Wildman–Crippen LogP) is 6.92. The molecule has 3 aromatic rings. The fourth-order valence-corrected chi connectivity index (χ4v) is 6.34. The number of hydrogen-bond acceptors (Lipinski definition) is 4. The molecule has 0 atom stereocenters. The molecule has 5 rings (SSSR count). The number of nitrogens with zero attached hydrogens (tertiary/aromatic N) is 4. The molecule has 6 heteroatoms. The Morgan fingerprint density at radius 2 is 1.24 bits per heavy atom. The van der Waals surface area contributed by atoms with E-state index in [0.717, 1.165) is 81.0 Å². The van der Waals surface area contributed by atoms with Crippen LogP contribution in [0.15, 0.2) is 72.8 Å². The summed E-state index contributed by atoms with van der Waals surface area (Å²) < 4.78 is 0. The van der Waals surface area contributed by atoms with Crippen molar-refractivity contribution < 1.29 is 9.59 Å². The van der Waals surface area contributed by atoms with Gasteiger partial charge in [0.25, 0.3) is 5.91 Å². The van der Waals surface area contributed by atoms with E-state index in [-0.39, 0.29) is 5.91 Å². The van der Waals surface area contributed by atoms with Crippen molar-refractivity contribution in [3.63, 3.8) is 0 Å². The fourth-order valence-electron chi connectivity index (χ4n) is 6.34. The highest BCUT2D eigenvalue weighted by Gasteiger charge is 2.30. The minimum absolute atomic E-state index is 0.0709. The largest absolute Gasteiger partial charge is 0.343 e. The summed E-state index contributed by atoms with van der Waals surface area (Å²) in [6.45, 7) is 7.16. The average molecular weight is 567 g/mol. The highest BCUT2D eigenvalue weighted by atomic mass is 16.2. The number of likely N-dealkylation sites (tertiary alicyclic amines) is 1. The van der Waals surface area contributed by atoms with Crippen LogP contribution in [0.1, 0.15) is 75.1 Å². The van der Waals surface area contributed by atoms with Gasteiger partial charge in [0, 0.05) is 68.4 Å². The van der Waals surface area contributed by atoms with E-state index in [9.17, 15) is 9.59 Å². The fraction of sp³-hybridized carbons (Fsp3) is 0.472. The molecule has 3 heterocycles. The van der Waals surface area contributed by atoms with Crippen molar-refractivity contribution >= 4 is 11.8 Å². The third kappa shape index (κ3) is 7.86. The number of carbonyl (C=O) groups excluding carboxylic acids is 2. The van der Waals surface area contributed by atoms with E-state index < -0.39 is 0 Å². The predicted molar refractivity (Wildman–Crippen MR) is 170 cm³/mol. The number of unbranched alkanes of at least 4 members (excludes halogenated alkanes) is 5. The SMILES string of the molecule is CCCCCCCCC(=O)N1CCC(N2CCN(C(=O)c3cc(-c4ccccc4)nc(-c4ccccc4)c3)CC2)CC1. The van der Waals surface area contributed by atoms with Crippen LogP contribution >= 0.6 is 0 Å². The van der Waals surface area contributed by atoms with Gasteiger partial charge in [0.05, 0.1) is 11.4 Å². The van der Waals surface area contributed by atoms with Gasteiger partial charge in [-0.3, -0.25) is 14.5 Å². The van der Waals surface area contributed by atoms with Crippen LogP contribution in [0.2, 0.25) is 0 Å². The van der Waals surface area contributed by atoms with Crippen molar-refractivity contribution in [3.05, 3.63) is 78.4 Å². The van der Waals surface area contributed by atoms with Crippen LogP contribution < -0.4 is 0 Å². The van der Waals surface area contributed by atoms with Crippen LogP contribution in [0, 0.1) is 0 Å². The number of amides is 2. The smallest absolute Gasteiger partial charge is 0.254 e. The number of carbonyl (C=O) groups is 2. The van der Waals surface area contributed by atoms with Gasteiger partial charge in [-0.2, -0.15) is 0 Å². The topological polar surface area (TPSA) is 56.8 Å². The maximum absolute atomic E-state index is 13.8. The number of hydrogen-bond donors (Lipinski definition) is 0. The monoisotopic (exact) mass is 566 g/mol. The molecular formula is C36H46N4O2. The van der Waals surface area contributed by atoms with Gasteiger partial charge in [-0.25, -0.2) is 4.98 Å². The van der Waals surface area contributed by atoms with Gasteiger partial charge < -0.3 is 9.80 Å². The molecule has 0 spiro atoms. The molecule has 2 aromatic carbocycles. The molecule has 2 saturated heterocycles. The number of piperazine rings is 1. The first-order valence-electron chi connectivity index (χ1n) is 16.1. The van der Waals surface area contributed by atoms with E-state index in [1.165, 1.54) is 32.1 Å². The quantitative estimate of drug-likeness (QED) is 0.237. The summed E-state index contributed by atoms with van der Waals surface area (Å²) in [5.74, 6) is 0.406. The second-order valence-corrected chi connectivity index (χ2v) is 11.8. The normalized spacial score (nSPS) is 16.5. The summed E-state index contributed by atoms with van der Waals surface area (Å²) in [7, 11) is 0. The molecule has 0 unspecified atom stereocenters. The third-order valence-electron chi connectivity index (χ3n) is 8.89. The number of benzene rings is 2. The van der Waals surface area contributed by atoms with Gasteiger partial charge >= 0.3 is 0 Å². The second-order valence-electron chi connectivity index (χ2n) is 11.8. The van der Waals surface area contributed by atoms with Gasteiger partial charge in [0.15, 0.2) is 0 Å². The molecule has 0 saturated carbocycles. The highest BCUT2D eigenvalue weighted by Crippen LogP contribution is 2.26. The third-order valence-corrected chi connectivity index (χ3v) is 8.89. The highest BCUT2D eigenvalue weighted by molar-refractivity contribution is 5.96. The Labute approximate surface area is 251 Å². The number of rotatable bonds is 11. The summed E-state index contributed by atoms with van der Waals surface area (Å²) in [5.41, 5.74) is 4.33. The van der Waals surface area contributed by atoms with Crippen molar-refractivity contribution in [3.8, 4) is 22.5 Å². The van der Waals surface area contributed by atoms with Gasteiger partial charge in [0.2, 0.25) is 5.91 Å². The average Bonchev–Trinajstić information content (AvgIpc) is 3.06. The first-order chi connectivity index (χ1) is 20.6. The van der Waals surface area contributed by atoms with Gasteiger partial charge in [-0.15, -0.1) is 0 Å². The lowest BCUT2D eigenvalue weighted by Gasteiger charge is -2.42. The van der Waals surface area contributed by atoms with Crippen LogP contribution in [0.25, 0.3) is 22.5 Å². The molecule has 0 bridgehead atoms. The summed E-state index contributed by atoms with van der Waals surface area (Å²) in [5, 5.41) is 0. The molecule has 2 amide bonds. The maximum atomic E-state index is 13.8. The van der Waals surface area contributed by atoms with Crippen LogP contribution in [-0.2, 0) is 4.79 Å². The Hall–Kier alpha value is -3.51. The van der Waals surface area contributed by atoms with E-state index in [2.05, 4.69) is 16.7 Å². The van der Waals surface area contributed by atoms with Gasteiger partial charge in [-0.1, -0.05) is 99.7 Å². The minimum atomic E-state index is 0.0709. The Morgan fingerprint density at radius 3 is 1.81 bits per heavy atom. The minimum Gasteiger partial charge on any atom is -0.343 e. The van der Waals surface area contributed by atoms with E-state index in [1.807, 2.05) is 77.7 Å². The zero-order valence-electron chi connectivity index (χ0n) is 25.2. The number of pyridine rings is 1. The van der Waals surface area contributed by atoms with E-state index in [4.69, 9.17) is 4.98 Å². The molecule has 222 valence electrons. The summed E-state index contributed by atoms with van der Waals surface area (Å²) in [4.78, 5) is 38.0. The molecule has 2 aliphatic rings. The molecular weight excluding hydrogens is 520 g/mol. The molecule has 0 N–H and O–H groups in total. The summed E-state index contributed by atoms with van der Waals surface area (Å²) >= 11 is 0. The van der Waals surface area contributed by atoms with E-state index in [1.54, 1.807) is 0 Å². The van der Waals surface area contributed by atoms with Gasteiger partial charge in [0.1, 0.15) is 0 Å². The molecule has 0 radical (unpaired) electrons. The van der Waals surface area contributed by atoms with Crippen LogP contribution in [0.5, 0.6) is 0 Å². The Morgan fingerprint density at radius 1 is 0.690 bits per heavy atom.